The molecule has 0 radical (unpaired) electrons. The lowest BCUT2D eigenvalue weighted by molar-refractivity contribution is -0.130. The summed E-state index contributed by atoms with van der Waals surface area (Å²) < 4.78 is 26.9. The van der Waals surface area contributed by atoms with Gasteiger partial charge in [0.1, 0.15) is 0 Å². The minimum absolute atomic E-state index is 0.144. The highest BCUT2D eigenvalue weighted by Gasteiger charge is 2.29. The molecule has 1 saturated heterocycles. The van der Waals surface area contributed by atoms with Crippen molar-refractivity contribution in [3.63, 3.8) is 0 Å². The summed E-state index contributed by atoms with van der Waals surface area (Å²) >= 11 is 0. The van der Waals surface area contributed by atoms with Crippen LogP contribution in [0.5, 0.6) is 0 Å². The van der Waals surface area contributed by atoms with Gasteiger partial charge < -0.3 is 10.6 Å². The second kappa shape index (κ2) is 5.02. The quantitative estimate of drug-likeness (QED) is 0.828. The summed E-state index contributed by atoms with van der Waals surface area (Å²) in [6.07, 6.45) is 1.07. The summed E-state index contributed by atoms with van der Waals surface area (Å²) in [6.45, 7) is 0.368. The molecule has 0 unspecified atom stereocenters. The molecule has 0 aliphatic carbocycles. The zero-order valence-corrected chi connectivity index (χ0v) is 10.2. The molecule has 2 atom stereocenters. The number of likely N-dealkylation sites (N-methyl/N-ethyl adjacent to an activating group) is 1. The molecule has 98 valence electrons. The highest BCUT2D eigenvalue weighted by molar-refractivity contribution is 5.81. The summed E-state index contributed by atoms with van der Waals surface area (Å²) in [5, 5.41) is 0. The van der Waals surface area contributed by atoms with Crippen LogP contribution in [-0.2, 0) is 4.79 Å². The number of nitrogens with two attached hydrogens (primary N) is 1. The maximum Gasteiger partial charge on any atom is 0.239 e. The Morgan fingerprint density at radius 2 is 2.06 bits per heavy atom. The third-order valence-electron chi connectivity index (χ3n) is 3.44. The van der Waals surface area contributed by atoms with Crippen molar-refractivity contribution in [3.05, 3.63) is 35.4 Å². The molecule has 0 aromatic heterocycles. The molecule has 0 spiro atoms. The molecule has 1 aliphatic heterocycles. The SMILES string of the molecule is CN1C[C@H](c2cccc(F)c2F)CC[C@@H](N)C1=O. The first-order chi connectivity index (χ1) is 8.50. The van der Waals surface area contributed by atoms with Crippen LogP contribution in [-0.4, -0.2) is 30.4 Å². The molecule has 0 bridgehead atoms. The largest absolute Gasteiger partial charge is 0.344 e. The van der Waals surface area contributed by atoms with E-state index in [-0.39, 0.29) is 11.8 Å². The molecule has 5 heteroatoms. The zero-order valence-electron chi connectivity index (χ0n) is 10.2. The Labute approximate surface area is 105 Å². The van der Waals surface area contributed by atoms with Gasteiger partial charge in [0.2, 0.25) is 5.91 Å². The van der Waals surface area contributed by atoms with Crippen molar-refractivity contribution in [2.75, 3.05) is 13.6 Å². The summed E-state index contributed by atoms with van der Waals surface area (Å²) in [5.41, 5.74) is 6.04. The number of benzene rings is 1. The van der Waals surface area contributed by atoms with Crippen LogP contribution in [0.1, 0.15) is 24.3 Å². The van der Waals surface area contributed by atoms with Crippen molar-refractivity contribution in [1.82, 2.24) is 4.90 Å². The van der Waals surface area contributed by atoms with Crippen LogP contribution < -0.4 is 5.73 Å². The van der Waals surface area contributed by atoms with Gasteiger partial charge in [-0.15, -0.1) is 0 Å². The molecule has 2 N–H and O–H groups in total. The summed E-state index contributed by atoms with van der Waals surface area (Å²) in [6, 6.07) is 3.60. The Morgan fingerprint density at radius 1 is 1.33 bits per heavy atom. The maximum atomic E-state index is 13.7. The summed E-state index contributed by atoms with van der Waals surface area (Å²) in [5.74, 6) is -2.02. The van der Waals surface area contributed by atoms with E-state index in [2.05, 4.69) is 0 Å². The normalized spacial score (nSPS) is 25.1. The summed E-state index contributed by atoms with van der Waals surface area (Å²) in [4.78, 5) is 13.2. The minimum Gasteiger partial charge on any atom is -0.344 e. The van der Waals surface area contributed by atoms with Crippen LogP contribution in [0.3, 0.4) is 0 Å². The number of halogens is 2. The Balaban J connectivity index is 2.28. The van der Waals surface area contributed by atoms with Crippen LogP contribution >= 0.6 is 0 Å². The van der Waals surface area contributed by atoms with Crippen molar-refractivity contribution in [2.24, 2.45) is 5.73 Å². The van der Waals surface area contributed by atoms with Crippen molar-refractivity contribution in [1.29, 1.82) is 0 Å². The second-order valence-electron chi connectivity index (χ2n) is 4.74. The number of nitrogens with zero attached hydrogens (tertiary/aromatic N) is 1. The fraction of sp³-hybridized carbons (Fsp3) is 0.462. The molecular formula is C13H16F2N2O. The molecule has 2 rings (SSSR count). The minimum atomic E-state index is -0.852. The van der Waals surface area contributed by atoms with Crippen LogP contribution in [0.4, 0.5) is 8.78 Å². The van der Waals surface area contributed by atoms with Crippen molar-refractivity contribution < 1.29 is 13.6 Å². The lowest BCUT2D eigenvalue weighted by atomic mass is 9.93. The molecule has 1 heterocycles. The van der Waals surface area contributed by atoms with E-state index in [1.165, 1.54) is 11.0 Å². The van der Waals surface area contributed by atoms with E-state index >= 15 is 0 Å². The molecule has 1 aromatic carbocycles. The van der Waals surface area contributed by atoms with Gasteiger partial charge >= 0.3 is 0 Å². The van der Waals surface area contributed by atoms with E-state index in [9.17, 15) is 13.6 Å². The van der Waals surface area contributed by atoms with E-state index < -0.39 is 17.7 Å². The van der Waals surface area contributed by atoms with E-state index in [0.717, 1.165) is 6.07 Å². The smallest absolute Gasteiger partial charge is 0.239 e. The predicted molar refractivity (Wildman–Crippen MR) is 63.9 cm³/mol. The van der Waals surface area contributed by atoms with E-state index in [1.54, 1.807) is 13.1 Å². The number of rotatable bonds is 1. The van der Waals surface area contributed by atoms with Crippen LogP contribution in [0.25, 0.3) is 0 Å². The summed E-state index contributed by atoms with van der Waals surface area (Å²) in [7, 11) is 1.64. The molecule has 1 aliphatic rings. The molecule has 3 nitrogen and oxygen atoms in total. The lowest BCUT2D eigenvalue weighted by Gasteiger charge is -2.21. The monoisotopic (exact) mass is 254 g/mol. The molecule has 1 amide bonds. The van der Waals surface area contributed by atoms with Gasteiger partial charge in [0, 0.05) is 19.5 Å². The molecule has 0 saturated carbocycles. The molecular weight excluding hydrogens is 238 g/mol. The fourth-order valence-corrected chi connectivity index (χ4v) is 2.39. The third kappa shape index (κ3) is 2.36. The maximum absolute atomic E-state index is 13.7. The van der Waals surface area contributed by atoms with Gasteiger partial charge in [-0.05, 0) is 24.5 Å². The predicted octanol–water partition coefficient (Wildman–Crippen LogP) is 1.63. The van der Waals surface area contributed by atoms with Crippen LogP contribution in [0.15, 0.2) is 18.2 Å². The third-order valence-corrected chi connectivity index (χ3v) is 3.44. The van der Waals surface area contributed by atoms with Gasteiger partial charge in [0.25, 0.3) is 0 Å². The second-order valence-corrected chi connectivity index (χ2v) is 4.74. The molecule has 1 fully saturated rings. The fourth-order valence-electron chi connectivity index (χ4n) is 2.39. The topological polar surface area (TPSA) is 46.3 Å². The standard InChI is InChI=1S/C13H16F2N2O/c1-17-7-8(5-6-11(16)13(17)18)9-3-2-4-10(14)12(9)15/h2-4,8,11H,5-7,16H2,1H3/t8-,11-/m1/s1. The number of amides is 1. The van der Waals surface area contributed by atoms with Crippen molar-refractivity contribution >= 4 is 5.91 Å². The van der Waals surface area contributed by atoms with Crippen LogP contribution in [0.2, 0.25) is 0 Å². The van der Waals surface area contributed by atoms with Gasteiger partial charge in [0.15, 0.2) is 11.6 Å². The van der Waals surface area contributed by atoms with E-state index in [4.69, 9.17) is 5.73 Å². The molecule has 1 aromatic rings. The average molecular weight is 254 g/mol. The van der Waals surface area contributed by atoms with Gasteiger partial charge in [-0.2, -0.15) is 0 Å². The van der Waals surface area contributed by atoms with Crippen molar-refractivity contribution in [3.8, 4) is 0 Å². The Bertz CT molecular complexity index is 464. The lowest BCUT2D eigenvalue weighted by Crippen LogP contribution is -2.40. The first-order valence-electron chi connectivity index (χ1n) is 5.95. The first kappa shape index (κ1) is 13.0. The number of carbonyl (C=O) groups excluding carboxylic acids is 1. The van der Waals surface area contributed by atoms with Gasteiger partial charge in [-0.3, -0.25) is 4.79 Å². The number of hydrogen-bond donors (Lipinski definition) is 1. The Morgan fingerprint density at radius 3 is 2.78 bits per heavy atom. The number of carbonyl (C=O) groups is 1. The average Bonchev–Trinajstić information content (AvgIpc) is 2.47. The van der Waals surface area contributed by atoms with Gasteiger partial charge in [-0.25, -0.2) is 8.78 Å². The molecule has 18 heavy (non-hydrogen) atoms. The Kier molecular flexibility index (Phi) is 3.61. The van der Waals surface area contributed by atoms with Gasteiger partial charge in [-0.1, -0.05) is 12.1 Å². The van der Waals surface area contributed by atoms with Gasteiger partial charge in [0.05, 0.1) is 6.04 Å². The number of likely N-dealkylation sites (tertiary alicyclic amines) is 1. The highest BCUT2D eigenvalue weighted by atomic mass is 19.2. The zero-order chi connectivity index (χ0) is 13.3. The van der Waals surface area contributed by atoms with Crippen LogP contribution in [0, 0.1) is 11.6 Å². The van der Waals surface area contributed by atoms with Crippen molar-refractivity contribution in [2.45, 2.75) is 24.8 Å². The Hall–Kier alpha value is -1.49. The first-order valence-corrected chi connectivity index (χ1v) is 5.95. The number of hydrogen-bond acceptors (Lipinski definition) is 2. The highest BCUT2D eigenvalue weighted by Crippen LogP contribution is 2.28. The van der Waals surface area contributed by atoms with E-state index in [0.29, 0.717) is 24.9 Å². The van der Waals surface area contributed by atoms with E-state index in [1.807, 2.05) is 0 Å².